The zero-order chi connectivity index (χ0) is 22.4. The van der Waals surface area contributed by atoms with E-state index in [0.29, 0.717) is 33.8 Å². The highest BCUT2D eigenvalue weighted by Crippen LogP contribution is 2.37. The van der Waals surface area contributed by atoms with Crippen LogP contribution in [0.2, 0.25) is 10.0 Å². The number of carbonyl (C=O) groups excluding carboxylic acids is 1. The average Bonchev–Trinajstić information content (AvgIpc) is 2.72. The van der Waals surface area contributed by atoms with Crippen LogP contribution in [-0.2, 0) is 11.3 Å². The van der Waals surface area contributed by atoms with Crippen molar-refractivity contribution in [1.29, 1.82) is 0 Å². The average molecular weight is 524 g/mol. The summed E-state index contributed by atoms with van der Waals surface area (Å²) in [6.07, 6.45) is 0. The Labute approximate surface area is 199 Å². The van der Waals surface area contributed by atoms with E-state index in [1.807, 2.05) is 37.3 Å². The predicted octanol–water partition coefficient (Wildman–Crippen LogP) is 6.70. The van der Waals surface area contributed by atoms with Gasteiger partial charge in [-0.1, -0.05) is 56.8 Å². The Hall–Kier alpha value is -2.41. The van der Waals surface area contributed by atoms with Crippen LogP contribution in [0.25, 0.3) is 0 Å². The summed E-state index contributed by atoms with van der Waals surface area (Å²) < 4.78 is 12.1. The summed E-state index contributed by atoms with van der Waals surface area (Å²) in [6, 6.07) is 16.4. The second-order valence-corrected chi connectivity index (χ2v) is 8.50. The van der Waals surface area contributed by atoms with Crippen molar-refractivity contribution in [2.45, 2.75) is 13.5 Å². The molecular formula is C23H21BrCl2N2O3. The number of hydrogen-bond donors (Lipinski definition) is 2. The number of halogens is 3. The topological polar surface area (TPSA) is 59.6 Å². The Kier molecular flexibility index (Phi) is 8.07. The number of ether oxygens (including phenoxy) is 2. The summed E-state index contributed by atoms with van der Waals surface area (Å²) in [5.41, 5.74) is 3.38. The molecule has 5 nitrogen and oxygen atoms in total. The van der Waals surface area contributed by atoms with Crippen molar-refractivity contribution in [2.24, 2.45) is 0 Å². The van der Waals surface area contributed by atoms with E-state index in [9.17, 15) is 4.79 Å². The fraction of sp³-hybridized carbons (Fsp3) is 0.174. The fourth-order valence-electron chi connectivity index (χ4n) is 2.88. The molecule has 0 saturated heterocycles. The van der Waals surface area contributed by atoms with Crippen LogP contribution in [0.4, 0.5) is 11.4 Å². The molecule has 162 valence electrons. The van der Waals surface area contributed by atoms with Gasteiger partial charge in [0.1, 0.15) is 0 Å². The number of aryl methyl sites for hydroxylation is 1. The highest BCUT2D eigenvalue weighted by Gasteiger charge is 2.16. The lowest BCUT2D eigenvalue weighted by Crippen LogP contribution is -2.21. The first kappa shape index (κ1) is 23.3. The van der Waals surface area contributed by atoms with Crippen molar-refractivity contribution in [1.82, 2.24) is 0 Å². The molecule has 0 aliphatic rings. The van der Waals surface area contributed by atoms with E-state index in [1.165, 1.54) is 0 Å². The predicted molar refractivity (Wildman–Crippen MR) is 130 cm³/mol. The normalized spacial score (nSPS) is 10.5. The molecule has 0 aliphatic heterocycles. The molecule has 0 aromatic heterocycles. The Morgan fingerprint density at radius 3 is 2.32 bits per heavy atom. The Bertz CT molecular complexity index is 1050. The maximum Gasteiger partial charge on any atom is 0.262 e. The van der Waals surface area contributed by atoms with Crippen LogP contribution < -0.4 is 20.1 Å². The number of hydrogen-bond acceptors (Lipinski definition) is 4. The number of benzene rings is 3. The van der Waals surface area contributed by atoms with E-state index < -0.39 is 0 Å². The molecule has 0 fully saturated rings. The van der Waals surface area contributed by atoms with E-state index in [4.69, 9.17) is 32.7 Å². The second-order valence-electron chi connectivity index (χ2n) is 6.77. The van der Waals surface area contributed by atoms with Crippen LogP contribution in [0, 0.1) is 6.92 Å². The number of anilines is 2. The molecule has 0 atom stereocenters. The fourth-order valence-corrected chi connectivity index (χ4v) is 3.86. The second kappa shape index (κ2) is 10.8. The van der Waals surface area contributed by atoms with Crippen molar-refractivity contribution >= 4 is 56.4 Å². The van der Waals surface area contributed by atoms with Crippen LogP contribution in [0.15, 0.2) is 59.1 Å². The standard InChI is InChI=1S/C23H21BrCl2N2O3/c1-14-3-5-17(6-4-14)28-22(29)13-31-23-19(20(24)7-8-21(23)30-2)12-27-18-10-15(25)9-16(26)11-18/h3-11,27H,12-13H2,1-2H3,(H,28,29). The summed E-state index contributed by atoms with van der Waals surface area (Å²) >= 11 is 15.7. The molecule has 31 heavy (non-hydrogen) atoms. The molecule has 3 aromatic carbocycles. The zero-order valence-electron chi connectivity index (χ0n) is 17.0. The lowest BCUT2D eigenvalue weighted by atomic mass is 10.1. The summed E-state index contributed by atoms with van der Waals surface area (Å²) in [5, 5.41) is 7.16. The molecule has 1 amide bonds. The van der Waals surface area contributed by atoms with Gasteiger partial charge in [0.15, 0.2) is 18.1 Å². The van der Waals surface area contributed by atoms with Gasteiger partial charge in [-0.25, -0.2) is 0 Å². The molecule has 2 N–H and O–H groups in total. The number of rotatable bonds is 8. The third kappa shape index (κ3) is 6.53. The Morgan fingerprint density at radius 2 is 1.68 bits per heavy atom. The first-order valence-corrected chi connectivity index (χ1v) is 10.9. The quantitative estimate of drug-likeness (QED) is 0.344. The largest absolute Gasteiger partial charge is 0.493 e. The van der Waals surface area contributed by atoms with E-state index in [0.717, 1.165) is 21.3 Å². The van der Waals surface area contributed by atoms with Crippen molar-refractivity contribution in [3.63, 3.8) is 0 Å². The Balaban J connectivity index is 1.74. The minimum absolute atomic E-state index is 0.170. The summed E-state index contributed by atoms with van der Waals surface area (Å²) in [6.45, 7) is 2.21. The minimum Gasteiger partial charge on any atom is -0.493 e. The first-order chi connectivity index (χ1) is 14.9. The molecule has 0 aliphatic carbocycles. The molecular weight excluding hydrogens is 503 g/mol. The molecule has 0 spiro atoms. The maximum absolute atomic E-state index is 12.4. The van der Waals surface area contributed by atoms with Crippen LogP contribution in [0.1, 0.15) is 11.1 Å². The van der Waals surface area contributed by atoms with Crippen molar-refractivity contribution in [3.8, 4) is 11.5 Å². The van der Waals surface area contributed by atoms with Gasteiger partial charge in [0.25, 0.3) is 5.91 Å². The molecule has 0 radical (unpaired) electrons. The van der Waals surface area contributed by atoms with Gasteiger partial charge in [0, 0.05) is 38.0 Å². The molecule has 0 heterocycles. The Morgan fingerprint density at radius 1 is 1.00 bits per heavy atom. The van der Waals surface area contributed by atoms with Crippen LogP contribution in [0.5, 0.6) is 11.5 Å². The highest BCUT2D eigenvalue weighted by molar-refractivity contribution is 9.10. The van der Waals surface area contributed by atoms with E-state index in [1.54, 1.807) is 31.4 Å². The summed E-state index contributed by atoms with van der Waals surface area (Å²) in [4.78, 5) is 12.4. The van der Waals surface area contributed by atoms with Gasteiger partial charge in [-0.2, -0.15) is 0 Å². The molecule has 0 saturated carbocycles. The van der Waals surface area contributed by atoms with Gasteiger partial charge in [-0.3, -0.25) is 4.79 Å². The van der Waals surface area contributed by atoms with Gasteiger partial charge in [-0.05, 0) is 49.4 Å². The van der Waals surface area contributed by atoms with Crippen LogP contribution >= 0.6 is 39.1 Å². The highest BCUT2D eigenvalue weighted by atomic mass is 79.9. The van der Waals surface area contributed by atoms with E-state index >= 15 is 0 Å². The molecule has 3 aromatic rings. The number of amides is 1. The lowest BCUT2D eigenvalue weighted by Gasteiger charge is -2.17. The van der Waals surface area contributed by atoms with Gasteiger partial charge < -0.3 is 20.1 Å². The van der Waals surface area contributed by atoms with E-state index in [2.05, 4.69) is 26.6 Å². The molecule has 8 heteroatoms. The number of carbonyl (C=O) groups is 1. The number of methoxy groups -OCH3 is 1. The maximum atomic E-state index is 12.4. The molecule has 0 unspecified atom stereocenters. The summed E-state index contributed by atoms with van der Waals surface area (Å²) in [5.74, 6) is 0.718. The van der Waals surface area contributed by atoms with Crippen molar-refractivity contribution in [2.75, 3.05) is 24.4 Å². The number of nitrogens with one attached hydrogen (secondary N) is 2. The van der Waals surface area contributed by atoms with E-state index in [-0.39, 0.29) is 12.5 Å². The SMILES string of the molecule is COc1ccc(Br)c(CNc2cc(Cl)cc(Cl)c2)c1OCC(=O)Nc1ccc(C)cc1. The van der Waals surface area contributed by atoms with Crippen molar-refractivity contribution < 1.29 is 14.3 Å². The van der Waals surface area contributed by atoms with Crippen LogP contribution in [-0.4, -0.2) is 19.6 Å². The van der Waals surface area contributed by atoms with Crippen LogP contribution in [0.3, 0.4) is 0 Å². The van der Waals surface area contributed by atoms with Gasteiger partial charge in [0.05, 0.1) is 7.11 Å². The van der Waals surface area contributed by atoms with Gasteiger partial charge in [-0.15, -0.1) is 0 Å². The molecule has 3 rings (SSSR count). The van der Waals surface area contributed by atoms with Gasteiger partial charge in [0.2, 0.25) is 0 Å². The zero-order valence-corrected chi connectivity index (χ0v) is 20.1. The van der Waals surface area contributed by atoms with Gasteiger partial charge >= 0.3 is 0 Å². The monoisotopic (exact) mass is 522 g/mol. The third-order valence-corrected chi connectivity index (χ3v) is 5.58. The lowest BCUT2D eigenvalue weighted by molar-refractivity contribution is -0.118. The smallest absolute Gasteiger partial charge is 0.262 e. The summed E-state index contributed by atoms with van der Waals surface area (Å²) in [7, 11) is 1.55. The third-order valence-electron chi connectivity index (χ3n) is 4.40. The first-order valence-electron chi connectivity index (χ1n) is 9.40. The molecule has 0 bridgehead atoms. The minimum atomic E-state index is -0.272. The van der Waals surface area contributed by atoms with Crippen molar-refractivity contribution in [3.05, 3.63) is 80.2 Å².